The Morgan fingerprint density at radius 3 is 3.05 bits per heavy atom. The van der Waals surface area contributed by atoms with Crippen LogP contribution in [0.4, 0.5) is 0 Å². The van der Waals surface area contributed by atoms with E-state index >= 15 is 0 Å². The molecule has 0 aromatic carbocycles. The SMILES string of the molecule is O=C(c1ccc(-c2ccn[nH]2)s1)N1CCOCC2(CC2)C1. The number of nitrogens with zero attached hydrogens (tertiary/aromatic N) is 2. The van der Waals surface area contributed by atoms with Crippen LogP contribution >= 0.6 is 11.3 Å². The average molecular weight is 303 g/mol. The summed E-state index contributed by atoms with van der Waals surface area (Å²) in [7, 11) is 0. The summed E-state index contributed by atoms with van der Waals surface area (Å²) >= 11 is 1.52. The van der Waals surface area contributed by atoms with Crippen molar-refractivity contribution < 1.29 is 9.53 Å². The van der Waals surface area contributed by atoms with E-state index in [-0.39, 0.29) is 11.3 Å². The van der Waals surface area contributed by atoms with E-state index in [1.54, 1.807) is 6.20 Å². The maximum Gasteiger partial charge on any atom is 0.264 e. The molecule has 1 aliphatic carbocycles. The lowest BCUT2D eigenvalue weighted by atomic mass is 10.1. The summed E-state index contributed by atoms with van der Waals surface area (Å²) in [6.07, 6.45) is 4.08. The highest BCUT2D eigenvalue weighted by molar-refractivity contribution is 7.17. The topological polar surface area (TPSA) is 58.2 Å². The van der Waals surface area contributed by atoms with Gasteiger partial charge in [-0.3, -0.25) is 9.89 Å². The standard InChI is InChI=1S/C15H17N3O2S/c19-14(18-7-8-20-10-15(9-18)4-5-15)13-2-1-12(21-13)11-3-6-16-17-11/h1-3,6H,4-5,7-10H2,(H,16,17). The maximum atomic E-state index is 12.7. The van der Waals surface area contributed by atoms with E-state index < -0.39 is 0 Å². The Labute approximate surface area is 126 Å². The summed E-state index contributed by atoms with van der Waals surface area (Å²) in [6, 6.07) is 5.81. The van der Waals surface area contributed by atoms with E-state index in [2.05, 4.69) is 10.2 Å². The normalized spacial score (nSPS) is 20.5. The van der Waals surface area contributed by atoms with Crippen molar-refractivity contribution in [2.24, 2.45) is 5.41 Å². The molecule has 0 atom stereocenters. The predicted molar refractivity (Wildman–Crippen MR) is 80.3 cm³/mol. The Morgan fingerprint density at radius 2 is 2.29 bits per heavy atom. The minimum atomic E-state index is 0.127. The number of aromatic amines is 1. The van der Waals surface area contributed by atoms with Gasteiger partial charge in [0, 0.05) is 24.7 Å². The van der Waals surface area contributed by atoms with Crippen LogP contribution in [0.3, 0.4) is 0 Å². The average Bonchev–Trinajstić information content (AvgIpc) is 2.93. The maximum absolute atomic E-state index is 12.7. The smallest absolute Gasteiger partial charge is 0.264 e. The first kappa shape index (κ1) is 13.0. The van der Waals surface area contributed by atoms with Crippen LogP contribution in [0.25, 0.3) is 10.6 Å². The lowest BCUT2D eigenvalue weighted by molar-refractivity contribution is 0.0740. The van der Waals surface area contributed by atoms with E-state index in [0.717, 1.165) is 28.6 Å². The molecular formula is C15H17N3O2S. The molecule has 1 N–H and O–H groups in total. The highest BCUT2D eigenvalue weighted by atomic mass is 32.1. The number of rotatable bonds is 2. The summed E-state index contributed by atoms with van der Waals surface area (Å²) in [6.45, 7) is 2.98. The van der Waals surface area contributed by atoms with Crippen LogP contribution in [0, 0.1) is 5.41 Å². The Hall–Kier alpha value is -1.66. The lowest BCUT2D eigenvalue weighted by Gasteiger charge is -2.22. The molecule has 0 unspecified atom stereocenters. The van der Waals surface area contributed by atoms with Gasteiger partial charge in [0.05, 0.1) is 28.7 Å². The molecule has 0 radical (unpaired) electrons. The zero-order valence-electron chi connectivity index (χ0n) is 11.7. The molecule has 1 aliphatic heterocycles. The number of thiophene rings is 1. The van der Waals surface area contributed by atoms with Crippen molar-refractivity contribution in [2.75, 3.05) is 26.3 Å². The van der Waals surface area contributed by atoms with Crippen molar-refractivity contribution in [1.29, 1.82) is 0 Å². The largest absolute Gasteiger partial charge is 0.379 e. The first-order valence-electron chi connectivity index (χ1n) is 7.22. The van der Waals surface area contributed by atoms with Gasteiger partial charge in [-0.05, 0) is 31.0 Å². The number of carbonyl (C=O) groups excluding carboxylic acids is 1. The van der Waals surface area contributed by atoms with E-state index in [4.69, 9.17) is 4.74 Å². The fourth-order valence-electron chi connectivity index (χ4n) is 2.79. The molecule has 110 valence electrons. The molecule has 2 aromatic heterocycles. The molecular weight excluding hydrogens is 286 g/mol. The highest BCUT2D eigenvalue weighted by Gasteiger charge is 2.46. The van der Waals surface area contributed by atoms with Gasteiger partial charge in [-0.2, -0.15) is 5.10 Å². The van der Waals surface area contributed by atoms with Gasteiger partial charge in [0.15, 0.2) is 0 Å². The van der Waals surface area contributed by atoms with Crippen LogP contribution in [-0.2, 0) is 4.74 Å². The number of aromatic nitrogens is 2. The molecule has 1 amide bonds. The van der Waals surface area contributed by atoms with Crippen LogP contribution in [0.5, 0.6) is 0 Å². The Bertz CT molecular complexity index is 646. The molecule has 2 aromatic rings. The van der Waals surface area contributed by atoms with Crippen LogP contribution in [-0.4, -0.2) is 47.3 Å². The third kappa shape index (κ3) is 2.49. The van der Waals surface area contributed by atoms with E-state index in [0.29, 0.717) is 13.2 Å². The molecule has 2 aliphatic rings. The van der Waals surface area contributed by atoms with Gasteiger partial charge in [0.1, 0.15) is 0 Å². The van der Waals surface area contributed by atoms with Crippen molar-refractivity contribution in [3.63, 3.8) is 0 Å². The quantitative estimate of drug-likeness (QED) is 0.927. The minimum absolute atomic E-state index is 0.127. The molecule has 0 bridgehead atoms. The molecule has 2 fully saturated rings. The second-order valence-electron chi connectivity index (χ2n) is 5.91. The van der Waals surface area contributed by atoms with Gasteiger partial charge in [-0.1, -0.05) is 0 Å². The second-order valence-corrected chi connectivity index (χ2v) is 7.00. The summed E-state index contributed by atoms with van der Waals surface area (Å²) in [5, 5.41) is 6.89. The number of H-pyrrole nitrogens is 1. The fraction of sp³-hybridized carbons (Fsp3) is 0.467. The minimum Gasteiger partial charge on any atom is -0.379 e. The van der Waals surface area contributed by atoms with Gasteiger partial charge >= 0.3 is 0 Å². The Morgan fingerprint density at radius 1 is 1.38 bits per heavy atom. The molecule has 3 heterocycles. The number of ether oxygens (including phenoxy) is 1. The number of hydrogen-bond acceptors (Lipinski definition) is 4. The van der Waals surface area contributed by atoms with Crippen molar-refractivity contribution in [3.8, 4) is 10.6 Å². The van der Waals surface area contributed by atoms with Crippen molar-refractivity contribution in [1.82, 2.24) is 15.1 Å². The molecule has 4 rings (SSSR count). The lowest BCUT2D eigenvalue weighted by Crippen LogP contribution is -2.36. The van der Waals surface area contributed by atoms with Crippen LogP contribution in [0.2, 0.25) is 0 Å². The zero-order valence-corrected chi connectivity index (χ0v) is 12.5. The fourth-order valence-corrected chi connectivity index (χ4v) is 3.74. The molecule has 5 nitrogen and oxygen atoms in total. The van der Waals surface area contributed by atoms with Gasteiger partial charge in [-0.15, -0.1) is 11.3 Å². The molecule has 1 saturated heterocycles. The summed E-state index contributed by atoms with van der Waals surface area (Å²) in [4.78, 5) is 16.5. The molecule has 6 heteroatoms. The van der Waals surface area contributed by atoms with Crippen LogP contribution in [0.1, 0.15) is 22.5 Å². The van der Waals surface area contributed by atoms with Gasteiger partial charge < -0.3 is 9.64 Å². The third-order valence-corrected chi connectivity index (χ3v) is 5.37. The zero-order chi connectivity index (χ0) is 14.3. The van der Waals surface area contributed by atoms with E-state index in [1.165, 1.54) is 24.2 Å². The van der Waals surface area contributed by atoms with Gasteiger partial charge in [0.25, 0.3) is 5.91 Å². The van der Waals surface area contributed by atoms with E-state index in [9.17, 15) is 4.79 Å². The molecule has 21 heavy (non-hydrogen) atoms. The monoisotopic (exact) mass is 303 g/mol. The number of nitrogens with one attached hydrogen (secondary N) is 1. The number of amides is 1. The van der Waals surface area contributed by atoms with Crippen molar-refractivity contribution >= 4 is 17.2 Å². The third-order valence-electron chi connectivity index (χ3n) is 4.27. The summed E-state index contributed by atoms with van der Waals surface area (Å²) in [5.41, 5.74) is 1.20. The number of hydrogen-bond donors (Lipinski definition) is 1. The van der Waals surface area contributed by atoms with Gasteiger partial charge in [-0.25, -0.2) is 0 Å². The van der Waals surface area contributed by atoms with Crippen LogP contribution in [0.15, 0.2) is 24.4 Å². The first-order chi connectivity index (χ1) is 10.3. The Kier molecular flexibility index (Phi) is 3.08. The van der Waals surface area contributed by atoms with Crippen molar-refractivity contribution in [3.05, 3.63) is 29.3 Å². The molecule has 1 spiro atoms. The highest BCUT2D eigenvalue weighted by Crippen LogP contribution is 2.47. The predicted octanol–water partition coefficient (Wildman–Crippen LogP) is 2.39. The van der Waals surface area contributed by atoms with Gasteiger partial charge in [0.2, 0.25) is 0 Å². The summed E-state index contributed by atoms with van der Waals surface area (Å²) in [5.74, 6) is 0.127. The van der Waals surface area contributed by atoms with E-state index in [1.807, 2.05) is 23.1 Å². The van der Waals surface area contributed by atoms with Crippen LogP contribution < -0.4 is 0 Å². The Balaban J connectivity index is 1.54. The van der Waals surface area contributed by atoms with Crippen molar-refractivity contribution in [2.45, 2.75) is 12.8 Å². The summed E-state index contributed by atoms with van der Waals surface area (Å²) < 4.78 is 5.65. The molecule has 1 saturated carbocycles. The second kappa shape index (κ2) is 4.96. The number of carbonyl (C=O) groups is 1. The first-order valence-corrected chi connectivity index (χ1v) is 8.04.